The van der Waals surface area contributed by atoms with E-state index in [4.69, 9.17) is 10.00 Å². The Kier molecular flexibility index (Phi) is 5.87. The topological polar surface area (TPSA) is 65.9 Å². The van der Waals surface area contributed by atoms with E-state index in [1.807, 2.05) is 4.93 Å². The molecular weight excluding hydrogens is 429 g/mol. The summed E-state index contributed by atoms with van der Waals surface area (Å²) in [6.07, 6.45) is 2.07. The minimum Gasteiger partial charge on any atom is -0.453 e. The Bertz CT molecular complexity index is 932. The number of hydrogen-bond donors (Lipinski definition) is 1. The molecule has 0 saturated heterocycles. The summed E-state index contributed by atoms with van der Waals surface area (Å²) in [5.74, 6) is -1.64. The van der Waals surface area contributed by atoms with Crippen LogP contribution in [0.4, 0.5) is 8.78 Å². The first-order valence-corrected chi connectivity index (χ1v) is 8.80. The van der Waals surface area contributed by atoms with Crippen LogP contribution in [0.2, 0.25) is 0 Å². The molecule has 0 radical (unpaired) electrons. The largest absolute Gasteiger partial charge is 0.453 e. The molecule has 0 aliphatic heterocycles. The maximum atomic E-state index is 14.1. The van der Waals surface area contributed by atoms with E-state index < -0.39 is 11.6 Å². The molecule has 0 atom stereocenters. The van der Waals surface area contributed by atoms with E-state index in [1.54, 1.807) is 18.3 Å². The molecule has 0 spiro atoms. The summed E-state index contributed by atoms with van der Waals surface area (Å²) in [5.41, 5.74) is 0.274. The lowest BCUT2D eigenvalue weighted by molar-refractivity contribution is 0.112. The fourth-order valence-corrected chi connectivity index (χ4v) is 2.17. The monoisotopic (exact) mass is 440 g/mol. The van der Waals surface area contributed by atoms with Gasteiger partial charge in [-0.15, -0.1) is 0 Å². The quantitative estimate of drug-likeness (QED) is 0.355. The zero-order chi connectivity index (χ0) is 17.7. The van der Waals surface area contributed by atoms with Gasteiger partial charge in [0, 0.05) is 29.2 Å². The first-order valence-electron chi connectivity index (χ1n) is 6.64. The van der Waals surface area contributed by atoms with Gasteiger partial charge in [-0.2, -0.15) is 5.26 Å². The molecule has 0 amide bonds. The van der Waals surface area contributed by atoms with Gasteiger partial charge in [-0.1, -0.05) is 22.6 Å². The molecule has 0 unspecified atom stereocenters. The smallest absolute Gasteiger partial charge is 0.174 e. The molecule has 0 aliphatic carbocycles. The van der Waals surface area contributed by atoms with Crippen LogP contribution in [0.5, 0.6) is 11.5 Å². The first kappa shape index (κ1) is 17.9. The molecule has 0 saturated carbocycles. The summed E-state index contributed by atoms with van der Waals surface area (Å²) in [6.45, 7) is 0. The van der Waals surface area contributed by atoms with Crippen LogP contribution < -0.4 is 4.74 Å². The fourth-order valence-electron chi connectivity index (χ4n) is 2.17. The Hall–Kier alpha value is -2.47. The van der Waals surface area contributed by atoms with E-state index in [-0.39, 0.29) is 22.6 Å². The molecule has 2 aromatic carbocycles. The van der Waals surface area contributed by atoms with Crippen molar-refractivity contribution in [2.45, 2.75) is 0 Å². The lowest BCUT2D eigenvalue weighted by Crippen LogP contribution is -1.96. The van der Waals surface area contributed by atoms with E-state index in [0.717, 1.165) is 12.1 Å². The number of nitriles is 1. The number of alkyl halides is 1. The van der Waals surface area contributed by atoms with Crippen molar-refractivity contribution in [3.8, 4) is 17.6 Å². The SMILES string of the molecule is CI.N#Cc1cc(Oc2c(F)cc3[nH]ccc3c2C=O)ccc1F. The number of carbonyl (C=O) groups excluding carboxylic acids is 1. The van der Waals surface area contributed by atoms with Gasteiger partial charge < -0.3 is 9.72 Å². The van der Waals surface area contributed by atoms with Crippen molar-refractivity contribution < 1.29 is 18.3 Å². The van der Waals surface area contributed by atoms with Crippen molar-refractivity contribution in [3.63, 3.8) is 0 Å². The second-order valence-corrected chi connectivity index (χ2v) is 4.51. The summed E-state index contributed by atoms with van der Waals surface area (Å²) in [4.78, 5) is 16.1. The minimum atomic E-state index is -0.736. The van der Waals surface area contributed by atoms with Gasteiger partial charge in [-0.3, -0.25) is 4.79 Å². The number of aromatic amines is 1. The number of aldehydes is 1. The van der Waals surface area contributed by atoms with Gasteiger partial charge in [0.15, 0.2) is 17.9 Å². The molecule has 0 bridgehead atoms. The summed E-state index contributed by atoms with van der Waals surface area (Å²) in [5, 5.41) is 9.31. The van der Waals surface area contributed by atoms with Gasteiger partial charge in [0.05, 0.1) is 11.1 Å². The molecule has 3 aromatic rings. The Morgan fingerprint density at radius 1 is 1.21 bits per heavy atom. The van der Waals surface area contributed by atoms with Crippen LogP contribution in [-0.4, -0.2) is 16.2 Å². The number of nitrogens with zero attached hydrogens (tertiary/aromatic N) is 1. The number of halogens is 3. The number of ether oxygens (including phenoxy) is 1. The maximum absolute atomic E-state index is 14.1. The Labute approximate surface area is 150 Å². The van der Waals surface area contributed by atoms with Gasteiger partial charge in [0.2, 0.25) is 0 Å². The van der Waals surface area contributed by atoms with Gasteiger partial charge in [-0.25, -0.2) is 8.78 Å². The zero-order valence-electron chi connectivity index (χ0n) is 12.4. The third-order valence-electron chi connectivity index (χ3n) is 3.20. The van der Waals surface area contributed by atoms with E-state index in [0.29, 0.717) is 17.2 Å². The van der Waals surface area contributed by atoms with Crippen molar-refractivity contribution in [3.05, 3.63) is 59.3 Å². The molecular formula is C17H11F2IN2O2. The third kappa shape index (κ3) is 3.38. The van der Waals surface area contributed by atoms with E-state index in [2.05, 4.69) is 27.6 Å². The van der Waals surface area contributed by atoms with Gasteiger partial charge in [0.1, 0.15) is 17.6 Å². The fraction of sp³-hybridized carbons (Fsp3) is 0.0588. The number of fused-ring (bicyclic) bond motifs is 1. The van der Waals surface area contributed by atoms with Crippen molar-refractivity contribution in [1.29, 1.82) is 5.26 Å². The average molecular weight is 440 g/mol. The van der Waals surface area contributed by atoms with Crippen LogP contribution in [0.3, 0.4) is 0 Å². The van der Waals surface area contributed by atoms with Gasteiger partial charge in [-0.05, 0) is 23.1 Å². The van der Waals surface area contributed by atoms with E-state index in [9.17, 15) is 13.6 Å². The number of rotatable bonds is 3. The van der Waals surface area contributed by atoms with Crippen LogP contribution in [0.15, 0.2) is 36.5 Å². The predicted octanol–water partition coefficient (Wildman–Crippen LogP) is 4.97. The molecule has 1 N–H and O–H groups in total. The first-order chi connectivity index (χ1) is 11.6. The van der Waals surface area contributed by atoms with Crippen LogP contribution in [0.1, 0.15) is 15.9 Å². The van der Waals surface area contributed by atoms with Crippen molar-refractivity contribution in [1.82, 2.24) is 4.98 Å². The van der Waals surface area contributed by atoms with Gasteiger partial charge >= 0.3 is 0 Å². The van der Waals surface area contributed by atoms with Crippen molar-refractivity contribution in [2.24, 2.45) is 0 Å². The number of H-pyrrole nitrogens is 1. The van der Waals surface area contributed by atoms with E-state index in [1.165, 1.54) is 12.1 Å². The number of nitrogens with one attached hydrogen (secondary N) is 1. The number of carbonyl (C=O) groups is 1. The number of aromatic nitrogens is 1. The molecule has 0 aliphatic rings. The van der Waals surface area contributed by atoms with Crippen LogP contribution >= 0.6 is 22.6 Å². The van der Waals surface area contributed by atoms with Crippen LogP contribution in [-0.2, 0) is 0 Å². The molecule has 0 fully saturated rings. The Morgan fingerprint density at radius 3 is 2.62 bits per heavy atom. The number of benzene rings is 2. The second-order valence-electron chi connectivity index (χ2n) is 4.51. The second kappa shape index (κ2) is 7.88. The standard InChI is InChI=1S/C16H8F2N2O2.CH3I/c17-13-2-1-10(5-9(13)7-19)22-16-12(8-21)11-3-4-20-15(11)6-14(16)18;1-2/h1-6,8,20H;1H3. The Morgan fingerprint density at radius 2 is 1.96 bits per heavy atom. The number of hydrogen-bond acceptors (Lipinski definition) is 3. The molecule has 7 heteroatoms. The van der Waals surface area contributed by atoms with Gasteiger partial charge in [0.25, 0.3) is 0 Å². The molecule has 4 nitrogen and oxygen atoms in total. The highest BCUT2D eigenvalue weighted by atomic mass is 127. The molecule has 1 heterocycles. The molecule has 24 heavy (non-hydrogen) atoms. The van der Waals surface area contributed by atoms with E-state index >= 15 is 0 Å². The molecule has 1 aromatic heterocycles. The average Bonchev–Trinajstić information content (AvgIpc) is 3.06. The molecule has 3 rings (SSSR count). The zero-order valence-corrected chi connectivity index (χ0v) is 14.6. The minimum absolute atomic E-state index is 0.0408. The lowest BCUT2D eigenvalue weighted by Gasteiger charge is -2.10. The van der Waals surface area contributed by atoms with Crippen LogP contribution in [0.25, 0.3) is 10.9 Å². The highest BCUT2D eigenvalue weighted by molar-refractivity contribution is 14.1. The molecule has 122 valence electrons. The Balaban J connectivity index is 0.00000100. The van der Waals surface area contributed by atoms with Crippen molar-refractivity contribution >= 4 is 39.8 Å². The summed E-state index contributed by atoms with van der Waals surface area (Å²) in [6, 6.07) is 7.93. The maximum Gasteiger partial charge on any atom is 0.174 e. The summed E-state index contributed by atoms with van der Waals surface area (Å²) < 4.78 is 32.8. The third-order valence-corrected chi connectivity index (χ3v) is 3.20. The normalized spacial score (nSPS) is 9.79. The summed E-state index contributed by atoms with van der Waals surface area (Å²) >= 11 is 2.15. The highest BCUT2D eigenvalue weighted by Gasteiger charge is 2.17. The predicted molar refractivity (Wildman–Crippen MR) is 94.8 cm³/mol. The summed E-state index contributed by atoms with van der Waals surface area (Å²) in [7, 11) is 0. The van der Waals surface area contributed by atoms with Crippen molar-refractivity contribution in [2.75, 3.05) is 4.93 Å². The lowest BCUT2D eigenvalue weighted by atomic mass is 10.1. The highest BCUT2D eigenvalue weighted by Crippen LogP contribution is 2.33. The van der Waals surface area contributed by atoms with Crippen LogP contribution in [0, 0.1) is 23.0 Å².